The Bertz CT molecular complexity index is 496. The maximum Gasteiger partial charge on any atom is 0.327 e. The smallest absolute Gasteiger partial charge is 0.327 e. The Hall–Kier alpha value is -2.00. The third kappa shape index (κ3) is 4.47. The molecule has 1 atom stereocenters. The van der Waals surface area contributed by atoms with E-state index in [0.717, 1.165) is 4.47 Å². The van der Waals surface area contributed by atoms with Gasteiger partial charge in [-0.2, -0.15) is 0 Å². The number of terminal acetylenes is 1. The third-order valence-electron chi connectivity index (χ3n) is 2.01. The Labute approximate surface area is 113 Å². The molecule has 5 nitrogen and oxygen atoms in total. The topological polar surface area (TPSA) is 78.4 Å². The molecular weight excluding hydrogens is 300 g/mol. The van der Waals surface area contributed by atoms with E-state index in [9.17, 15) is 9.59 Å². The van der Waals surface area contributed by atoms with Gasteiger partial charge in [-0.15, -0.1) is 12.3 Å². The molecule has 94 valence electrons. The first-order valence-corrected chi connectivity index (χ1v) is 5.81. The summed E-state index contributed by atoms with van der Waals surface area (Å²) < 4.78 is 0.804. The van der Waals surface area contributed by atoms with Crippen molar-refractivity contribution in [1.82, 2.24) is 5.32 Å². The van der Waals surface area contributed by atoms with Crippen LogP contribution in [0.2, 0.25) is 0 Å². The van der Waals surface area contributed by atoms with Gasteiger partial charge in [0.15, 0.2) is 0 Å². The number of anilines is 1. The highest BCUT2D eigenvalue weighted by molar-refractivity contribution is 9.10. The highest BCUT2D eigenvalue weighted by Crippen LogP contribution is 2.15. The molecule has 1 unspecified atom stereocenters. The van der Waals surface area contributed by atoms with Crippen LogP contribution < -0.4 is 10.6 Å². The van der Waals surface area contributed by atoms with Crippen LogP contribution in [0.4, 0.5) is 10.5 Å². The van der Waals surface area contributed by atoms with Crippen molar-refractivity contribution in [2.24, 2.45) is 0 Å². The molecule has 0 bridgehead atoms. The first-order valence-electron chi connectivity index (χ1n) is 5.02. The number of carbonyl (C=O) groups excluding carboxylic acids is 1. The van der Waals surface area contributed by atoms with Gasteiger partial charge in [-0.3, -0.25) is 0 Å². The van der Waals surface area contributed by atoms with E-state index in [4.69, 9.17) is 11.5 Å². The Morgan fingerprint density at radius 3 is 2.78 bits per heavy atom. The van der Waals surface area contributed by atoms with Crippen LogP contribution in [0.5, 0.6) is 0 Å². The van der Waals surface area contributed by atoms with Crippen molar-refractivity contribution in [3.8, 4) is 12.3 Å². The summed E-state index contributed by atoms with van der Waals surface area (Å²) >= 11 is 3.26. The maximum absolute atomic E-state index is 11.5. The number of rotatable bonds is 4. The number of nitrogens with one attached hydrogen (secondary N) is 2. The van der Waals surface area contributed by atoms with Crippen molar-refractivity contribution in [2.75, 3.05) is 5.32 Å². The molecule has 18 heavy (non-hydrogen) atoms. The number of hydrogen-bond donors (Lipinski definition) is 3. The van der Waals surface area contributed by atoms with Crippen molar-refractivity contribution in [2.45, 2.75) is 12.5 Å². The van der Waals surface area contributed by atoms with Crippen LogP contribution in [0.25, 0.3) is 0 Å². The highest BCUT2D eigenvalue weighted by Gasteiger charge is 2.18. The molecule has 0 saturated carbocycles. The minimum atomic E-state index is -1.17. The van der Waals surface area contributed by atoms with Crippen molar-refractivity contribution in [1.29, 1.82) is 0 Å². The summed E-state index contributed by atoms with van der Waals surface area (Å²) in [5, 5.41) is 13.6. The molecule has 0 aliphatic rings. The van der Waals surface area contributed by atoms with Gasteiger partial charge in [0.1, 0.15) is 6.04 Å². The van der Waals surface area contributed by atoms with E-state index < -0.39 is 18.0 Å². The average molecular weight is 311 g/mol. The quantitative estimate of drug-likeness (QED) is 0.745. The predicted molar refractivity (Wildman–Crippen MR) is 71.2 cm³/mol. The number of urea groups is 1. The summed E-state index contributed by atoms with van der Waals surface area (Å²) in [5.74, 6) is 1.03. The number of aliphatic carboxylic acids is 1. The molecular formula is C12H11BrN2O3. The fraction of sp³-hybridized carbons (Fsp3) is 0.167. The average Bonchev–Trinajstić information content (AvgIpc) is 2.28. The van der Waals surface area contributed by atoms with Gasteiger partial charge in [-0.25, -0.2) is 9.59 Å². The van der Waals surface area contributed by atoms with E-state index in [0.29, 0.717) is 5.69 Å². The van der Waals surface area contributed by atoms with E-state index in [1.54, 1.807) is 18.2 Å². The molecule has 0 saturated heterocycles. The van der Waals surface area contributed by atoms with Crippen molar-refractivity contribution in [3.05, 3.63) is 28.7 Å². The zero-order valence-corrected chi connectivity index (χ0v) is 10.9. The van der Waals surface area contributed by atoms with E-state index in [-0.39, 0.29) is 6.42 Å². The summed E-state index contributed by atoms with van der Waals surface area (Å²) in [6.07, 6.45) is 4.96. The summed E-state index contributed by atoms with van der Waals surface area (Å²) in [5.41, 5.74) is 0.548. The standard InChI is InChI=1S/C12H11BrN2O3/c1-2-4-10(11(16)17)15-12(18)14-9-6-3-5-8(13)7-9/h1,3,5-7,10H,4H2,(H,16,17)(H2,14,15,18). The number of halogens is 1. The second kappa shape index (κ2) is 6.67. The molecule has 6 heteroatoms. The van der Waals surface area contributed by atoms with Gasteiger partial charge in [-0.05, 0) is 18.2 Å². The van der Waals surface area contributed by atoms with Crippen LogP contribution >= 0.6 is 15.9 Å². The predicted octanol–water partition coefficient (Wildman–Crippen LogP) is 2.05. The third-order valence-corrected chi connectivity index (χ3v) is 2.50. The molecule has 0 fully saturated rings. The number of amides is 2. The molecule has 1 rings (SSSR count). The van der Waals surface area contributed by atoms with Gasteiger partial charge in [-0.1, -0.05) is 22.0 Å². The number of carbonyl (C=O) groups is 2. The molecule has 0 aliphatic carbocycles. The minimum Gasteiger partial charge on any atom is -0.480 e. The number of hydrogen-bond acceptors (Lipinski definition) is 2. The lowest BCUT2D eigenvalue weighted by molar-refractivity contribution is -0.139. The van der Waals surface area contributed by atoms with Gasteiger partial charge in [0, 0.05) is 16.6 Å². The molecule has 1 aromatic rings. The lowest BCUT2D eigenvalue weighted by Crippen LogP contribution is -2.42. The van der Waals surface area contributed by atoms with Gasteiger partial charge in [0.2, 0.25) is 0 Å². The molecule has 2 amide bonds. The fourth-order valence-corrected chi connectivity index (χ4v) is 1.61. The lowest BCUT2D eigenvalue weighted by atomic mass is 10.2. The van der Waals surface area contributed by atoms with Gasteiger partial charge in [0.05, 0.1) is 0 Å². The molecule has 0 aliphatic heterocycles. The summed E-state index contributed by atoms with van der Waals surface area (Å²) in [7, 11) is 0. The van der Waals surface area contributed by atoms with Crippen molar-refractivity contribution < 1.29 is 14.7 Å². The summed E-state index contributed by atoms with van der Waals surface area (Å²) in [6.45, 7) is 0. The Balaban J connectivity index is 2.61. The van der Waals surface area contributed by atoms with E-state index in [1.807, 2.05) is 6.07 Å². The molecule has 3 N–H and O–H groups in total. The van der Waals surface area contributed by atoms with E-state index in [2.05, 4.69) is 32.5 Å². The monoisotopic (exact) mass is 310 g/mol. The summed E-state index contributed by atoms with van der Waals surface area (Å²) in [4.78, 5) is 22.3. The SMILES string of the molecule is C#CCC(NC(=O)Nc1cccc(Br)c1)C(=O)O. The van der Waals surface area contributed by atoms with Gasteiger partial charge in [0.25, 0.3) is 0 Å². The first kappa shape index (κ1) is 14.1. The molecule has 0 spiro atoms. The number of carboxylic acids is 1. The Morgan fingerprint density at radius 1 is 1.50 bits per heavy atom. The van der Waals surface area contributed by atoms with Crippen molar-refractivity contribution >= 4 is 33.6 Å². The van der Waals surface area contributed by atoms with Crippen LogP contribution in [0.3, 0.4) is 0 Å². The number of benzene rings is 1. The summed E-state index contributed by atoms with van der Waals surface area (Å²) in [6, 6.07) is 5.22. The highest BCUT2D eigenvalue weighted by atomic mass is 79.9. The van der Waals surface area contributed by atoms with Crippen LogP contribution in [-0.2, 0) is 4.79 Å². The molecule has 0 aromatic heterocycles. The number of carboxylic acid groups (broad SMARTS) is 1. The van der Waals surface area contributed by atoms with Crippen LogP contribution in [0.1, 0.15) is 6.42 Å². The fourth-order valence-electron chi connectivity index (χ4n) is 1.21. The second-order valence-electron chi connectivity index (χ2n) is 3.41. The first-order chi connectivity index (χ1) is 8.52. The molecule has 0 radical (unpaired) electrons. The molecule has 0 heterocycles. The second-order valence-corrected chi connectivity index (χ2v) is 4.32. The van der Waals surface area contributed by atoms with Gasteiger partial charge >= 0.3 is 12.0 Å². The zero-order valence-electron chi connectivity index (χ0n) is 9.31. The van der Waals surface area contributed by atoms with Crippen LogP contribution in [0, 0.1) is 12.3 Å². The minimum absolute atomic E-state index is 0.0682. The van der Waals surface area contributed by atoms with E-state index in [1.165, 1.54) is 0 Å². The zero-order chi connectivity index (χ0) is 13.5. The van der Waals surface area contributed by atoms with Crippen LogP contribution in [-0.4, -0.2) is 23.1 Å². The van der Waals surface area contributed by atoms with Crippen molar-refractivity contribution in [3.63, 3.8) is 0 Å². The Kier molecular flexibility index (Phi) is 5.21. The molecule has 1 aromatic carbocycles. The lowest BCUT2D eigenvalue weighted by Gasteiger charge is -2.12. The van der Waals surface area contributed by atoms with E-state index >= 15 is 0 Å². The largest absolute Gasteiger partial charge is 0.480 e. The van der Waals surface area contributed by atoms with Crippen LogP contribution in [0.15, 0.2) is 28.7 Å². The Morgan fingerprint density at radius 2 is 2.22 bits per heavy atom. The maximum atomic E-state index is 11.5. The van der Waals surface area contributed by atoms with Gasteiger partial charge < -0.3 is 15.7 Å². The normalized spacial score (nSPS) is 11.1.